The van der Waals surface area contributed by atoms with Gasteiger partial charge in [0, 0.05) is 19.0 Å². The van der Waals surface area contributed by atoms with Crippen molar-refractivity contribution in [3.8, 4) is 0 Å². The van der Waals surface area contributed by atoms with Crippen LogP contribution < -0.4 is 0 Å². The maximum absolute atomic E-state index is 12.1. The van der Waals surface area contributed by atoms with Crippen LogP contribution in [0.1, 0.15) is 59.3 Å². The van der Waals surface area contributed by atoms with Crippen molar-refractivity contribution in [2.45, 2.75) is 77.1 Å². The Kier molecular flexibility index (Phi) is 7.58. The van der Waals surface area contributed by atoms with Crippen LogP contribution in [-0.2, 0) is 14.6 Å². The number of amides is 1. The van der Waals surface area contributed by atoms with Crippen molar-refractivity contribution in [2.24, 2.45) is 0 Å². The molecule has 1 amide bonds. The van der Waals surface area contributed by atoms with Crippen LogP contribution in [0.3, 0.4) is 0 Å². The lowest BCUT2D eigenvalue weighted by Gasteiger charge is -2.28. The Morgan fingerprint density at radius 3 is 2.32 bits per heavy atom. The van der Waals surface area contributed by atoms with Gasteiger partial charge in [-0.25, -0.2) is 13.2 Å². The fourth-order valence-electron chi connectivity index (χ4n) is 2.83. The van der Waals surface area contributed by atoms with Gasteiger partial charge in [-0.3, -0.25) is 0 Å². The van der Waals surface area contributed by atoms with Crippen molar-refractivity contribution in [2.75, 3.05) is 18.1 Å². The van der Waals surface area contributed by atoms with E-state index < -0.39 is 46.3 Å². The number of rotatable bonds is 7. The predicted molar refractivity (Wildman–Crippen MR) is 89.1 cm³/mol. The molecule has 0 aromatic carbocycles. The van der Waals surface area contributed by atoms with Gasteiger partial charge >= 0.3 is 12.3 Å². The van der Waals surface area contributed by atoms with Gasteiger partial charge in [-0.2, -0.15) is 13.2 Å². The van der Waals surface area contributed by atoms with E-state index in [0.29, 0.717) is 19.4 Å². The number of carbonyl (C=O) groups is 1. The maximum Gasteiger partial charge on any atom is 0.410 e. The zero-order chi connectivity index (χ0) is 19.3. The molecule has 1 heterocycles. The Labute approximate surface area is 147 Å². The fraction of sp³-hybridized carbons (Fsp3) is 0.938. The first-order valence-corrected chi connectivity index (χ1v) is 10.4. The van der Waals surface area contributed by atoms with E-state index in [1.807, 2.05) is 0 Å². The smallest absolute Gasteiger partial charge is 0.410 e. The Bertz CT molecular complexity index is 541. The quantitative estimate of drug-likeness (QED) is 0.664. The summed E-state index contributed by atoms with van der Waals surface area (Å²) < 4.78 is 65.2. The second-order valence-electron chi connectivity index (χ2n) is 7.48. The number of nitrogens with zero attached hydrogens (tertiary/aromatic N) is 1. The third kappa shape index (κ3) is 9.32. The van der Waals surface area contributed by atoms with Crippen molar-refractivity contribution in [3.05, 3.63) is 0 Å². The highest BCUT2D eigenvalue weighted by Gasteiger charge is 2.32. The topological polar surface area (TPSA) is 63.7 Å². The molecular weight excluding hydrogens is 359 g/mol. The number of carbonyl (C=O) groups excluding carboxylic acids is 1. The molecule has 0 saturated carbocycles. The molecule has 25 heavy (non-hydrogen) atoms. The van der Waals surface area contributed by atoms with Crippen LogP contribution in [0.4, 0.5) is 18.0 Å². The lowest BCUT2D eigenvalue weighted by molar-refractivity contribution is -0.134. The molecule has 148 valence electrons. The molecule has 0 N–H and O–H groups in total. The molecule has 0 spiro atoms. The average Bonchev–Trinajstić information content (AvgIpc) is 2.83. The van der Waals surface area contributed by atoms with Gasteiger partial charge in [-0.1, -0.05) is 0 Å². The largest absolute Gasteiger partial charge is 0.444 e. The van der Waals surface area contributed by atoms with E-state index in [1.54, 1.807) is 25.7 Å². The summed E-state index contributed by atoms with van der Waals surface area (Å²) in [7, 11) is -3.50. The molecule has 0 unspecified atom stereocenters. The van der Waals surface area contributed by atoms with Crippen LogP contribution in [0.5, 0.6) is 0 Å². The van der Waals surface area contributed by atoms with Gasteiger partial charge in [0.1, 0.15) is 15.4 Å². The summed E-state index contributed by atoms with van der Waals surface area (Å²) in [5.41, 5.74) is -0.591. The van der Waals surface area contributed by atoms with E-state index in [2.05, 4.69) is 0 Å². The van der Waals surface area contributed by atoms with Crippen LogP contribution >= 0.6 is 0 Å². The standard InChI is InChI=1S/C16H28F3NO4S/c1-15(2,3)24-14(21)20-10-4-7-13(20)8-5-11-25(22,23)12-6-9-16(17,18)19/h13H,4-12H2,1-3H3/t13-/m1/s1. The number of hydrogen-bond acceptors (Lipinski definition) is 4. The minimum Gasteiger partial charge on any atom is -0.444 e. The van der Waals surface area contributed by atoms with E-state index in [-0.39, 0.29) is 11.8 Å². The second-order valence-corrected chi connectivity index (χ2v) is 9.79. The highest BCUT2D eigenvalue weighted by atomic mass is 32.2. The molecule has 1 atom stereocenters. The van der Waals surface area contributed by atoms with Crippen molar-refractivity contribution in [1.29, 1.82) is 0 Å². The average molecular weight is 387 g/mol. The molecule has 0 aliphatic carbocycles. The fourth-order valence-corrected chi connectivity index (χ4v) is 4.22. The molecule has 0 aromatic rings. The van der Waals surface area contributed by atoms with Crippen molar-refractivity contribution in [1.82, 2.24) is 4.90 Å². The van der Waals surface area contributed by atoms with Gasteiger partial charge in [-0.05, 0) is 52.9 Å². The Morgan fingerprint density at radius 1 is 1.16 bits per heavy atom. The third-order valence-corrected chi connectivity index (χ3v) is 5.73. The number of halogens is 3. The minimum atomic E-state index is -4.33. The first-order chi connectivity index (χ1) is 11.3. The summed E-state index contributed by atoms with van der Waals surface area (Å²) in [6.07, 6.45) is -3.75. The first-order valence-electron chi connectivity index (χ1n) is 8.56. The molecule has 1 rings (SSSR count). The zero-order valence-electron chi connectivity index (χ0n) is 15.1. The maximum atomic E-state index is 12.1. The Morgan fingerprint density at radius 2 is 1.76 bits per heavy atom. The number of likely N-dealkylation sites (tertiary alicyclic amines) is 1. The summed E-state index contributed by atoms with van der Waals surface area (Å²) in [4.78, 5) is 13.8. The molecule has 1 aliphatic heterocycles. The minimum absolute atomic E-state index is 0.0692. The molecule has 0 radical (unpaired) electrons. The Hall–Kier alpha value is -0.990. The van der Waals surface area contributed by atoms with Crippen molar-refractivity contribution in [3.63, 3.8) is 0 Å². The molecule has 1 aliphatic rings. The van der Waals surface area contributed by atoms with E-state index in [9.17, 15) is 26.4 Å². The van der Waals surface area contributed by atoms with E-state index in [1.165, 1.54) is 0 Å². The third-order valence-electron chi connectivity index (χ3n) is 3.91. The van der Waals surface area contributed by atoms with E-state index in [4.69, 9.17) is 4.74 Å². The second kappa shape index (κ2) is 8.60. The van der Waals surface area contributed by atoms with Gasteiger partial charge in [0.05, 0.1) is 11.5 Å². The van der Waals surface area contributed by atoms with Gasteiger partial charge < -0.3 is 9.64 Å². The lowest BCUT2D eigenvalue weighted by atomic mass is 10.1. The summed E-state index contributed by atoms with van der Waals surface area (Å²) in [6, 6.07) is -0.0692. The molecule has 1 fully saturated rings. The Balaban J connectivity index is 2.40. The van der Waals surface area contributed by atoms with Crippen LogP contribution in [0, 0.1) is 0 Å². The molecule has 0 aromatic heterocycles. The number of ether oxygens (including phenoxy) is 1. The summed E-state index contributed by atoms with van der Waals surface area (Å²) in [5.74, 6) is -0.601. The molecule has 1 saturated heterocycles. The molecular formula is C16H28F3NO4S. The molecule has 0 bridgehead atoms. The van der Waals surface area contributed by atoms with Gasteiger partial charge in [-0.15, -0.1) is 0 Å². The molecule has 5 nitrogen and oxygen atoms in total. The molecule has 9 heteroatoms. The summed E-state index contributed by atoms with van der Waals surface area (Å²) in [6.45, 7) is 5.93. The van der Waals surface area contributed by atoms with Crippen LogP contribution in [-0.4, -0.2) is 55.3 Å². The van der Waals surface area contributed by atoms with E-state index in [0.717, 1.165) is 12.8 Å². The number of alkyl halides is 3. The van der Waals surface area contributed by atoms with Crippen molar-refractivity contribution < 1.29 is 31.1 Å². The van der Waals surface area contributed by atoms with Crippen LogP contribution in [0.25, 0.3) is 0 Å². The van der Waals surface area contributed by atoms with Crippen LogP contribution in [0.2, 0.25) is 0 Å². The zero-order valence-corrected chi connectivity index (χ0v) is 15.9. The number of hydrogen-bond donors (Lipinski definition) is 0. The van der Waals surface area contributed by atoms with Gasteiger partial charge in [0.15, 0.2) is 0 Å². The van der Waals surface area contributed by atoms with Crippen molar-refractivity contribution >= 4 is 15.9 Å². The highest BCUT2D eigenvalue weighted by molar-refractivity contribution is 7.91. The monoisotopic (exact) mass is 387 g/mol. The van der Waals surface area contributed by atoms with Crippen LogP contribution in [0.15, 0.2) is 0 Å². The predicted octanol–water partition coefficient (Wildman–Crippen LogP) is 3.92. The van der Waals surface area contributed by atoms with Gasteiger partial charge in [0.25, 0.3) is 0 Å². The normalized spacial score (nSPS) is 19.3. The number of sulfone groups is 1. The van der Waals surface area contributed by atoms with E-state index >= 15 is 0 Å². The highest BCUT2D eigenvalue weighted by Crippen LogP contribution is 2.25. The SMILES string of the molecule is CC(C)(C)OC(=O)N1CCC[C@@H]1CCCS(=O)(=O)CCCC(F)(F)F. The first kappa shape index (κ1) is 22.1. The lowest BCUT2D eigenvalue weighted by Crippen LogP contribution is -2.39. The van der Waals surface area contributed by atoms with Gasteiger partial charge in [0.2, 0.25) is 0 Å². The summed E-state index contributed by atoms with van der Waals surface area (Å²) in [5, 5.41) is 0. The summed E-state index contributed by atoms with van der Waals surface area (Å²) >= 11 is 0.